The third-order valence-corrected chi connectivity index (χ3v) is 11.0. The molecule has 0 N–H and O–H groups in total. The molecule has 0 unspecified atom stereocenters. The van der Waals surface area contributed by atoms with Gasteiger partial charge in [0.1, 0.15) is 21.1 Å². The zero-order valence-corrected chi connectivity index (χ0v) is 35.2. The number of ether oxygens (including phenoxy) is 5. The summed E-state index contributed by atoms with van der Waals surface area (Å²) in [6.07, 6.45) is 11.4. The highest BCUT2D eigenvalue weighted by Gasteiger charge is 2.49. The minimum absolute atomic E-state index is 0. The van der Waals surface area contributed by atoms with E-state index in [1.807, 2.05) is 26.2 Å². The van der Waals surface area contributed by atoms with Gasteiger partial charge in [0.2, 0.25) is 5.88 Å². The standard InChI is InChI=1S/C14H20ClN3O.C12H15ClN2O2.C7H12O.C6H5ClFNO.ClH/c1-17(2)9-11-12(3-4-13(15)16-11)18-7-8-19-14(10-18)5-6-14;1-16-11-9(2-3-10(13)14-11)15-6-7-17-12(8-15)4-5-12;1-2-6-8-7(3-1)4-5-7;1-10-6-4(8)2-3-5(7)9-6;/h3-4H,5-10H2,1-2H3;2-3H,4-8H2,1H3;1-6H2;2-3H,1H3;1H. The third kappa shape index (κ3) is 12.3. The Morgan fingerprint density at radius 2 is 1.15 bits per heavy atom. The molecule has 55 heavy (non-hydrogen) atoms. The third-order valence-electron chi connectivity index (χ3n) is 10.4. The van der Waals surface area contributed by atoms with Crippen molar-refractivity contribution in [3.63, 3.8) is 0 Å². The summed E-state index contributed by atoms with van der Waals surface area (Å²) in [6, 6.07) is 10.3. The maximum Gasteiger partial charge on any atom is 0.251 e. The number of aromatic nitrogens is 3. The highest BCUT2D eigenvalue weighted by Crippen LogP contribution is 2.46. The van der Waals surface area contributed by atoms with E-state index in [9.17, 15) is 4.39 Å². The summed E-state index contributed by atoms with van der Waals surface area (Å²) < 4.78 is 39.6. The van der Waals surface area contributed by atoms with Gasteiger partial charge in [0.25, 0.3) is 5.88 Å². The number of anilines is 2. The monoisotopic (exact) mass is 844 g/mol. The summed E-state index contributed by atoms with van der Waals surface area (Å²) in [5.41, 5.74) is 3.92. The van der Waals surface area contributed by atoms with E-state index < -0.39 is 5.82 Å². The molecule has 9 rings (SSSR count). The minimum atomic E-state index is -0.507. The summed E-state index contributed by atoms with van der Waals surface area (Å²) in [4.78, 5) is 19.1. The van der Waals surface area contributed by atoms with E-state index in [0.717, 1.165) is 76.8 Å². The zero-order valence-electron chi connectivity index (χ0n) is 32.1. The van der Waals surface area contributed by atoms with Gasteiger partial charge in [0, 0.05) is 39.3 Å². The van der Waals surface area contributed by atoms with E-state index in [4.69, 9.17) is 53.8 Å². The normalized spacial score (nSPS) is 20.5. The lowest BCUT2D eigenvalue weighted by Gasteiger charge is -2.36. The van der Waals surface area contributed by atoms with Gasteiger partial charge in [-0.2, -0.15) is 9.97 Å². The fourth-order valence-corrected chi connectivity index (χ4v) is 7.39. The Hall–Kier alpha value is -2.42. The SMILES string of the molecule is C1CCC2(CC2)OC1.CN(C)Cc1nc(Cl)ccc1N1CCOC2(CC2)C1.COc1nc(Cl)ccc1F.COc1nc(Cl)ccc1N1CCOC2(CC2)C1.Cl. The minimum Gasteiger partial charge on any atom is -0.479 e. The van der Waals surface area contributed by atoms with Crippen molar-refractivity contribution in [3.8, 4) is 11.8 Å². The molecule has 0 aromatic carbocycles. The van der Waals surface area contributed by atoms with Crippen LogP contribution in [0.25, 0.3) is 0 Å². The van der Waals surface area contributed by atoms with E-state index in [0.29, 0.717) is 21.8 Å². The van der Waals surface area contributed by atoms with Crippen molar-refractivity contribution in [2.75, 3.05) is 84.1 Å². The van der Waals surface area contributed by atoms with Gasteiger partial charge >= 0.3 is 0 Å². The first kappa shape index (κ1) is 43.7. The molecule has 3 aliphatic heterocycles. The van der Waals surface area contributed by atoms with Crippen LogP contribution < -0.4 is 19.3 Å². The van der Waals surface area contributed by atoms with Gasteiger partial charge < -0.3 is 38.4 Å². The molecule has 16 heteroatoms. The Labute approximate surface area is 345 Å². The Bertz CT molecular complexity index is 1710. The van der Waals surface area contributed by atoms with Crippen LogP contribution in [0.2, 0.25) is 15.5 Å². The lowest BCUT2D eigenvalue weighted by Crippen LogP contribution is -2.44. The number of hydrogen-bond acceptors (Lipinski definition) is 11. The van der Waals surface area contributed by atoms with Gasteiger partial charge in [0.05, 0.1) is 55.6 Å². The van der Waals surface area contributed by atoms with Crippen molar-refractivity contribution in [2.45, 2.75) is 81.1 Å². The second kappa shape index (κ2) is 19.4. The highest BCUT2D eigenvalue weighted by atomic mass is 35.5. The fourth-order valence-electron chi connectivity index (χ4n) is 6.95. The number of hydrogen-bond donors (Lipinski definition) is 0. The molecule has 11 nitrogen and oxygen atoms in total. The summed E-state index contributed by atoms with van der Waals surface area (Å²) in [7, 11) is 7.05. The lowest BCUT2D eigenvalue weighted by atomic mass is 10.1. The van der Waals surface area contributed by atoms with E-state index in [1.165, 1.54) is 69.9 Å². The molecule has 3 aliphatic carbocycles. The van der Waals surface area contributed by atoms with Crippen LogP contribution in [-0.2, 0) is 20.8 Å². The van der Waals surface area contributed by atoms with Gasteiger partial charge in [-0.3, -0.25) is 0 Å². The molecule has 3 spiro atoms. The summed E-state index contributed by atoms with van der Waals surface area (Å²) in [5, 5.41) is 1.24. The fraction of sp³-hybridized carbons (Fsp3) is 0.615. The predicted octanol–water partition coefficient (Wildman–Crippen LogP) is 8.30. The molecule has 3 saturated heterocycles. The first-order chi connectivity index (χ1) is 26.0. The topological polar surface area (TPSA) is 94.5 Å². The molecular weight excluding hydrogens is 793 g/mol. The average Bonchev–Trinajstić information content (AvgIpc) is 4.13. The second-order valence-corrected chi connectivity index (χ2v) is 16.2. The van der Waals surface area contributed by atoms with E-state index >= 15 is 0 Å². The van der Waals surface area contributed by atoms with E-state index in [1.54, 1.807) is 13.2 Å². The molecule has 3 aromatic heterocycles. The van der Waals surface area contributed by atoms with Gasteiger partial charge in [-0.1, -0.05) is 34.8 Å². The predicted molar refractivity (Wildman–Crippen MR) is 217 cm³/mol. The number of halogens is 5. The summed E-state index contributed by atoms with van der Waals surface area (Å²) in [5.74, 6) is 0.00889. The molecule has 0 radical (unpaired) electrons. The smallest absolute Gasteiger partial charge is 0.251 e. The number of pyridine rings is 3. The van der Waals surface area contributed by atoms with Gasteiger partial charge in [-0.25, -0.2) is 9.37 Å². The zero-order chi connectivity index (χ0) is 38.3. The second-order valence-electron chi connectivity index (χ2n) is 15.0. The Morgan fingerprint density at radius 1 is 0.655 bits per heavy atom. The molecule has 0 bridgehead atoms. The Kier molecular flexibility index (Phi) is 15.4. The van der Waals surface area contributed by atoms with Crippen LogP contribution in [0.5, 0.6) is 11.8 Å². The Morgan fingerprint density at radius 3 is 1.62 bits per heavy atom. The van der Waals surface area contributed by atoms with Crippen molar-refractivity contribution < 1.29 is 28.1 Å². The van der Waals surface area contributed by atoms with Gasteiger partial charge in [-0.15, -0.1) is 12.4 Å². The summed E-state index contributed by atoms with van der Waals surface area (Å²) in [6.45, 7) is 7.13. The Balaban J connectivity index is 0.000000147. The van der Waals surface area contributed by atoms with Crippen LogP contribution in [0, 0.1) is 5.82 Å². The van der Waals surface area contributed by atoms with E-state index in [2.05, 4.69) is 40.5 Å². The molecule has 3 saturated carbocycles. The van der Waals surface area contributed by atoms with Gasteiger partial charge in [0.15, 0.2) is 5.82 Å². The van der Waals surface area contributed by atoms with Crippen LogP contribution in [-0.4, -0.2) is 111 Å². The highest BCUT2D eigenvalue weighted by molar-refractivity contribution is 6.30. The maximum absolute atomic E-state index is 12.5. The van der Waals surface area contributed by atoms with Crippen molar-refractivity contribution in [2.24, 2.45) is 0 Å². The maximum atomic E-state index is 12.5. The van der Waals surface area contributed by atoms with Crippen LogP contribution >= 0.6 is 47.2 Å². The summed E-state index contributed by atoms with van der Waals surface area (Å²) >= 11 is 17.3. The van der Waals surface area contributed by atoms with Gasteiger partial charge in [-0.05, 0) is 108 Å². The van der Waals surface area contributed by atoms with Crippen molar-refractivity contribution >= 4 is 58.6 Å². The number of rotatable bonds is 6. The van der Waals surface area contributed by atoms with Crippen LogP contribution in [0.1, 0.15) is 63.5 Å². The van der Waals surface area contributed by atoms with Crippen molar-refractivity contribution in [1.82, 2.24) is 19.9 Å². The number of morpholine rings is 2. The first-order valence-electron chi connectivity index (χ1n) is 18.7. The molecule has 6 heterocycles. The largest absolute Gasteiger partial charge is 0.479 e. The molecule has 6 fully saturated rings. The number of nitrogens with zero attached hydrogens (tertiary/aromatic N) is 6. The molecule has 0 amide bonds. The molecule has 6 aliphatic rings. The van der Waals surface area contributed by atoms with Crippen LogP contribution in [0.4, 0.5) is 15.8 Å². The first-order valence-corrected chi connectivity index (χ1v) is 19.9. The molecule has 0 atom stereocenters. The van der Waals surface area contributed by atoms with Crippen molar-refractivity contribution in [1.29, 1.82) is 0 Å². The molecule has 304 valence electrons. The molecule has 3 aromatic rings. The van der Waals surface area contributed by atoms with E-state index in [-0.39, 0.29) is 34.6 Å². The molecular formula is C39H53Cl4FN6O5. The lowest BCUT2D eigenvalue weighted by molar-refractivity contribution is -0.00394. The quantitative estimate of drug-likeness (QED) is 0.225. The van der Waals surface area contributed by atoms with Crippen LogP contribution in [0.15, 0.2) is 36.4 Å². The van der Waals surface area contributed by atoms with Crippen molar-refractivity contribution in [3.05, 3.63) is 63.4 Å². The van der Waals surface area contributed by atoms with Crippen LogP contribution in [0.3, 0.4) is 0 Å². The average molecular weight is 847 g/mol. The number of methoxy groups -OCH3 is 2.